The molecule has 4 rings (SSSR count). The van der Waals surface area contributed by atoms with Gasteiger partial charge in [-0.1, -0.05) is 48.5 Å². The van der Waals surface area contributed by atoms with Crippen LogP contribution in [0.3, 0.4) is 0 Å². The molecule has 4 nitrogen and oxygen atoms in total. The molecule has 0 N–H and O–H groups in total. The lowest BCUT2D eigenvalue weighted by Crippen LogP contribution is -2.51. The summed E-state index contributed by atoms with van der Waals surface area (Å²) in [6.07, 6.45) is 5.21. The second kappa shape index (κ2) is 8.78. The summed E-state index contributed by atoms with van der Waals surface area (Å²) in [6.45, 7) is 2.46. The van der Waals surface area contributed by atoms with Crippen molar-refractivity contribution in [3.63, 3.8) is 0 Å². The van der Waals surface area contributed by atoms with Crippen molar-refractivity contribution in [2.24, 2.45) is 5.92 Å². The van der Waals surface area contributed by atoms with E-state index in [-0.39, 0.29) is 18.1 Å². The number of nitrogens with zero attached hydrogens (tertiary/aromatic N) is 1. The van der Waals surface area contributed by atoms with Crippen LogP contribution in [0.5, 0.6) is 5.75 Å². The van der Waals surface area contributed by atoms with E-state index < -0.39 is 0 Å². The van der Waals surface area contributed by atoms with E-state index in [0.717, 1.165) is 57.6 Å². The number of ether oxygens (including phenoxy) is 2. The highest BCUT2D eigenvalue weighted by atomic mass is 16.5. The van der Waals surface area contributed by atoms with E-state index in [0.29, 0.717) is 5.92 Å². The summed E-state index contributed by atoms with van der Waals surface area (Å²) in [4.78, 5) is 14.4. The van der Waals surface area contributed by atoms with Crippen molar-refractivity contribution in [1.82, 2.24) is 4.90 Å². The Kier molecular flexibility index (Phi) is 5.96. The van der Waals surface area contributed by atoms with E-state index in [1.165, 1.54) is 5.56 Å². The number of carbonyl (C=O) groups excluding carboxylic acids is 1. The van der Waals surface area contributed by atoms with E-state index >= 15 is 0 Å². The predicted molar refractivity (Wildman–Crippen MR) is 109 cm³/mol. The molecule has 1 amide bonds. The minimum Gasteiger partial charge on any atom is -0.484 e. The Morgan fingerprint density at radius 1 is 1.04 bits per heavy atom. The van der Waals surface area contributed by atoms with Crippen LogP contribution >= 0.6 is 0 Å². The number of hydrogen-bond donors (Lipinski definition) is 0. The number of hydrogen-bond acceptors (Lipinski definition) is 3. The standard InChI is InChI=1S/C24H29NO3/c26-23(19-27-22-9-5-2-6-10-22)25-14-12-24(13-15-25)18-21(11-16-28-24)17-20-7-3-1-4-8-20/h1-10,21H,11-19H2. The molecule has 2 saturated heterocycles. The molecule has 1 unspecified atom stereocenters. The fourth-order valence-corrected chi connectivity index (χ4v) is 4.52. The van der Waals surface area contributed by atoms with Crippen molar-refractivity contribution >= 4 is 5.91 Å². The van der Waals surface area contributed by atoms with Crippen molar-refractivity contribution < 1.29 is 14.3 Å². The largest absolute Gasteiger partial charge is 0.484 e. The van der Waals surface area contributed by atoms with E-state index in [4.69, 9.17) is 9.47 Å². The molecule has 2 heterocycles. The number of amides is 1. The van der Waals surface area contributed by atoms with Gasteiger partial charge in [0.05, 0.1) is 5.60 Å². The van der Waals surface area contributed by atoms with Gasteiger partial charge in [-0.3, -0.25) is 4.79 Å². The third kappa shape index (κ3) is 4.74. The molecule has 0 bridgehead atoms. The third-order valence-corrected chi connectivity index (χ3v) is 6.10. The van der Waals surface area contributed by atoms with Crippen molar-refractivity contribution in [2.45, 2.75) is 37.7 Å². The minimum absolute atomic E-state index is 0.0469. The monoisotopic (exact) mass is 379 g/mol. The first-order valence-electron chi connectivity index (χ1n) is 10.4. The van der Waals surface area contributed by atoms with Gasteiger partial charge in [0.2, 0.25) is 0 Å². The maximum Gasteiger partial charge on any atom is 0.260 e. The normalized spacial score (nSPS) is 21.4. The zero-order valence-electron chi connectivity index (χ0n) is 16.4. The highest BCUT2D eigenvalue weighted by Gasteiger charge is 2.41. The van der Waals surface area contributed by atoms with Gasteiger partial charge in [0.15, 0.2) is 6.61 Å². The first kappa shape index (κ1) is 19.0. The molecule has 2 fully saturated rings. The van der Waals surface area contributed by atoms with Crippen LogP contribution in [-0.4, -0.2) is 42.7 Å². The van der Waals surface area contributed by atoms with Gasteiger partial charge in [-0.25, -0.2) is 0 Å². The Hall–Kier alpha value is -2.33. The average molecular weight is 380 g/mol. The van der Waals surface area contributed by atoms with Crippen LogP contribution in [-0.2, 0) is 16.0 Å². The van der Waals surface area contributed by atoms with Gasteiger partial charge in [0, 0.05) is 19.7 Å². The Balaban J connectivity index is 1.27. The Bertz CT molecular complexity index is 754. The van der Waals surface area contributed by atoms with Gasteiger partial charge in [-0.15, -0.1) is 0 Å². The summed E-state index contributed by atoms with van der Waals surface area (Å²) in [5, 5.41) is 0. The number of rotatable bonds is 5. The summed E-state index contributed by atoms with van der Waals surface area (Å²) in [6, 6.07) is 20.3. The van der Waals surface area contributed by atoms with Crippen LogP contribution in [0, 0.1) is 5.92 Å². The van der Waals surface area contributed by atoms with Crippen LogP contribution in [0.4, 0.5) is 0 Å². The highest BCUT2D eigenvalue weighted by molar-refractivity contribution is 5.77. The lowest BCUT2D eigenvalue weighted by Gasteiger charge is -2.46. The average Bonchev–Trinajstić information content (AvgIpc) is 2.74. The topological polar surface area (TPSA) is 38.8 Å². The zero-order valence-corrected chi connectivity index (χ0v) is 16.4. The summed E-state index contributed by atoms with van der Waals surface area (Å²) >= 11 is 0. The molecule has 1 atom stereocenters. The van der Waals surface area contributed by atoms with E-state index in [1.54, 1.807) is 0 Å². The molecular formula is C24H29NO3. The molecule has 148 valence electrons. The highest BCUT2D eigenvalue weighted by Crippen LogP contribution is 2.38. The van der Waals surface area contributed by atoms with E-state index in [2.05, 4.69) is 30.3 Å². The molecule has 0 radical (unpaired) electrons. The fraction of sp³-hybridized carbons (Fsp3) is 0.458. The van der Waals surface area contributed by atoms with Crippen LogP contribution in [0.1, 0.15) is 31.2 Å². The third-order valence-electron chi connectivity index (χ3n) is 6.10. The molecule has 0 aromatic heterocycles. The van der Waals surface area contributed by atoms with Gasteiger partial charge in [-0.05, 0) is 55.7 Å². The van der Waals surface area contributed by atoms with Crippen molar-refractivity contribution in [1.29, 1.82) is 0 Å². The summed E-state index contributed by atoms with van der Waals surface area (Å²) < 4.78 is 11.9. The molecule has 1 spiro atoms. The van der Waals surface area contributed by atoms with Crippen molar-refractivity contribution in [3.05, 3.63) is 66.2 Å². The maximum absolute atomic E-state index is 12.5. The number of carbonyl (C=O) groups is 1. The Morgan fingerprint density at radius 2 is 1.71 bits per heavy atom. The Morgan fingerprint density at radius 3 is 2.43 bits per heavy atom. The maximum atomic E-state index is 12.5. The van der Waals surface area contributed by atoms with Gasteiger partial charge >= 0.3 is 0 Å². The molecule has 0 saturated carbocycles. The zero-order chi connectivity index (χ0) is 19.2. The molecule has 2 aliphatic heterocycles. The predicted octanol–water partition coefficient (Wildman–Crippen LogP) is 4.10. The van der Waals surface area contributed by atoms with Crippen LogP contribution in [0.2, 0.25) is 0 Å². The lowest BCUT2D eigenvalue weighted by atomic mass is 9.77. The number of benzene rings is 2. The summed E-state index contributed by atoms with van der Waals surface area (Å²) in [5.74, 6) is 1.47. The van der Waals surface area contributed by atoms with Crippen LogP contribution in [0.15, 0.2) is 60.7 Å². The summed E-state index contributed by atoms with van der Waals surface area (Å²) in [5.41, 5.74) is 1.37. The SMILES string of the molecule is O=C(COc1ccccc1)N1CCC2(CC1)CC(Cc1ccccc1)CCO2. The molecular weight excluding hydrogens is 350 g/mol. The van der Waals surface area contributed by atoms with E-state index in [1.807, 2.05) is 35.2 Å². The fourth-order valence-electron chi connectivity index (χ4n) is 4.52. The molecule has 0 aliphatic carbocycles. The molecule has 4 heteroatoms. The van der Waals surface area contributed by atoms with E-state index in [9.17, 15) is 4.79 Å². The summed E-state index contributed by atoms with van der Waals surface area (Å²) in [7, 11) is 0. The first-order valence-corrected chi connectivity index (χ1v) is 10.4. The van der Waals surface area contributed by atoms with Crippen LogP contribution < -0.4 is 4.74 Å². The van der Waals surface area contributed by atoms with Gasteiger partial charge in [0.1, 0.15) is 5.75 Å². The molecule has 2 aliphatic rings. The number of para-hydroxylation sites is 1. The van der Waals surface area contributed by atoms with Crippen molar-refractivity contribution in [2.75, 3.05) is 26.3 Å². The quantitative estimate of drug-likeness (QED) is 0.785. The first-order chi connectivity index (χ1) is 13.7. The second-order valence-electron chi connectivity index (χ2n) is 8.06. The van der Waals surface area contributed by atoms with Gasteiger partial charge < -0.3 is 14.4 Å². The van der Waals surface area contributed by atoms with Gasteiger partial charge in [0.25, 0.3) is 5.91 Å². The second-order valence-corrected chi connectivity index (χ2v) is 8.06. The lowest BCUT2D eigenvalue weighted by molar-refractivity contribution is -0.148. The van der Waals surface area contributed by atoms with Crippen molar-refractivity contribution in [3.8, 4) is 5.75 Å². The van der Waals surface area contributed by atoms with Crippen LogP contribution in [0.25, 0.3) is 0 Å². The molecule has 28 heavy (non-hydrogen) atoms. The van der Waals surface area contributed by atoms with Gasteiger partial charge in [-0.2, -0.15) is 0 Å². The number of likely N-dealkylation sites (tertiary alicyclic amines) is 1. The molecule has 2 aromatic rings. The Labute approximate surface area is 167 Å². The number of piperidine rings is 1. The minimum atomic E-state index is -0.0469. The molecule has 2 aromatic carbocycles. The smallest absolute Gasteiger partial charge is 0.260 e.